The summed E-state index contributed by atoms with van der Waals surface area (Å²) < 4.78 is 41.9. The fraction of sp³-hybridized carbons (Fsp3) is 0.294. The van der Waals surface area contributed by atoms with E-state index in [1.807, 2.05) is 6.92 Å². The van der Waals surface area contributed by atoms with Crippen molar-refractivity contribution in [3.05, 3.63) is 41.9 Å². The third-order valence-electron chi connectivity index (χ3n) is 3.71. The van der Waals surface area contributed by atoms with Gasteiger partial charge in [0.25, 0.3) is 0 Å². The van der Waals surface area contributed by atoms with Crippen LogP contribution in [0.15, 0.2) is 34.7 Å². The number of para-hydroxylation sites is 1. The topological polar surface area (TPSA) is 96.5 Å². The number of ether oxygens (including phenoxy) is 2. The zero-order chi connectivity index (χ0) is 18.9. The second-order valence-electron chi connectivity index (χ2n) is 5.77. The van der Waals surface area contributed by atoms with Crippen molar-refractivity contribution in [1.29, 1.82) is 0 Å². The summed E-state index contributed by atoms with van der Waals surface area (Å²) in [5.74, 6) is 2.45. The quantitative estimate of drug-likeness (QED) is 0.651. The average molecular weight is 377 g/mol. The first-order valence-corrected chi connectivity index (χ1v) is 9.80. The number of benzene rings is 1. The summed E-state index contributed by atoms with van der Waals surface area (Å²) in [6, 6.07) is 8.82. The second-order valence-corrected chi connectivity index (χ2v) is 7.91. The van der Waals surface area contributed by atoms with E-state index in [0.29, 0.717) is 34.5 Å². The van der Waals surface area contributed by atoms with Gasteiger partial charge in [0.15, 0.2) is 21.4 Å². The Morgan fingerprint density at radius 3 is 2.23 bits per heavy atom. The molecule has 8 nitrogen and oxygen atoms in total. The molecule has 0 radical (unpaired) electrons. The highest BCUT2D eigenvalue weighted by molar-refractivity contribution is 7.89. The van der Waals surface area contributed by atoms with Crippen LogP contribution in [0.3, 0.4) is 0 Å². The van der Waals surface area contributed by atoms with Gasteiger partial charge in [-0.15, -0.1) is 10.2 Å². The van der Waals surface area contributed by atoms with Crippen molar-refractivity contribution in [3.63, 3.8) is 0 Å². The van der Waals surface area contributed by atoms with E-state index in [-0.39, 0.29) is 11.6 Å². The van der Waals surface area contributed by atoms with Crippen LogP contribution in [0, 0.1) is 6.92 Å². The Labute approximate surface area is 151 Å². The number of nitrogens with zero attached hydrogens (tertiary/aromatic N) is 3. The van der Waals surface area contributed by atoms with Gasteiger partial charge < -0.3 is 13.9 Å². The van der Waals surface area contributed by atoms with Crippen LogP contribution >= 0.6 is 0 Å². The molecule has 0 N–H and O–H groups in total. The molecule has 0 aliphatic heterocycles. The molecule has 0 spiro atoms. The van der Waals surface area contributed by atoms with Gasteiger partial charge in [-0.1, -0.05) is 6.07 Å². The van der Waals surface area contributed by atoms with E-state index < -0.39 is 9.84 Å². The molecule has 2 heterocycles. The standard InChI is InChI=1S/C17H19N3O5S/c1-11-8-9-14(25-11)17-19-18-15(10-26(4,21)22)20(17)16-12(23-2)6-5-7-13(16)24-3/h5-9H,10H2,1-4H3. The van der Waals surface area contributed by atoms with Crippen molar-refractivity contribution in [2.24, 2.45) is 0 Å². The van der Waals surface area contributed by atoms with Gasteiger partial charge in [0.1, 0.15) is 28.7 Å². The molecule has 0 amide bonds. The highest BCUT2D eigenvalue weighted by Gasteiger charge is 2.25. The lowest BCUT2D eigenvalue weighted by Crippen LogP contribution is -2.11. The molecule has 3 aromatic rings. The summed E-state index contributed by atoms with van der Waals surface area (Å²) in [6.45, 7) is 1.81. The van der Waals surface area contributed by atoms with Gasteiger partial charge >= 0.3 is 0 Å². The average Bonchev–Trinajstić information content (AvgIpc) is 3.18. The van der Waals surface area contributed by atoms with Crippen LogP contribution in [-0.2, 0) is 15.6 Å². The van der Waals surface area contributed by atoms with Crippen LogP contribution < -0.4 is 9.47 Å². The molecular weight excluding hydrogens is 358 g/mol. The van der Waals surface area contributed by atoms with E-state index in [1.54, 1.807) is 34.9 Å². The van der Waals surface area contributed by atoms with Crippen LogP contribution in [0.4, 0.5) is 0 Å². The van der Waals surface area contributed by atoms with Crippen molar-refractivity contribution in [2.45, 2.75) is 12.7 Å². The lowest BCUT2D eigenvalue weighted by Gasteiger charge is -2.16. The van der Waals surface area contributed by atoms with Gasteiger partial charge in [0.2, 0.25) is 5.82 Å². The van der Waals surface area contributed by atoms with Crippen LogP contribution in [0.25, 0.3) is 17.3 Å². The summed E-state index contributed by atoms with van der Waals surface area (Å²) in [5, 5.41) is 8.23. The number of rotatable bonds is 6. The molecule has 9 heteroatoms. The molecule has 2 aromatic heterocycles. The molecule has 0 saturated heterocycles. The zero-order valence-electron chi connectivity index (χ0n) is 14.9. The van der Waals surface area contributed by atoms with Gasteiger partial charge in [-0.2, -0.15) is 0 Å². The number of aryl methyl sites for hydroxylation is 1. The number of hydrogen-bond donors (Lipinski definition) is 0. The normalized spacial score (nSPS) is 11.5. The SMILES string of the molecule is COc1cccc(OC)c1-n1c(CS(C)(=O)=O)nnc1-c1ccc(C)o1. The van der Waals surface area contributed by atoms with E-state index in [0.717, 1.165) is 6.26 Å². The monoisotopic (exact) mass is 377 g/mol. The maximum absolute atomic E-state index is 11.9. The Morgan fingerprint density at radius 2 is 1.73 bits per heavy atom. The highest BCUT2D eigenvalue weighted by Crippen LogP contribution is 2.36. The van der Waals surface area contributed by atoms with E-state index in [1.165, 1.54) is 14.2 Å². The number of hydrogen-bond acceptors (Lipinski definition) is 7. The van der Waals surface area contributed by atoms with E-state index in [4.69, 9.17) is 13.9 Å². The Bertz CT molecular complexity index is 1010. The molecule has 0 saturated carbocycles. The van der Waals surface area contributed by atoms with E-state index >= 15 is 0 Å². The first-order chi connectivity index (χ1) is 12.3. The minimum absolute atomic E-state index is 0.236. The first-order valence-electron chi connectivity index (χ1n) is 7.74. The smallest absolute Gasteiger partial charge is 0.204 e. The Morgan fingerprint density at radius 1 is 1.08 bits per heavy atom. The molecule has 0 aliphatic carbocycles. The summed E-state index contributed by atoms with van der Waals surface area (Å²) in [4.78, 5) is 0. The summed E-state index contributed by atoms with van der Waals surface area (Å²) in [5.41, 5.74) is 0.505. The third-order valence-corrected chi connectivity index (χ3v) is 4.49. The molecule has 0 aliphatic rings. The predicted molar refractivity (Wildman–Crippen MR) is 95.4 cm³/mol. The van der Waals surface area contributed by atoms with E-state index in [2.05, 4.69) is 10.2 Å². The summed E-state index contributed by atoms with van der Waals surface area (Å²) in [7, 11) is -0.299. The number of aromatic nitrogens is 3. The molecule has 0 fully saturated rings. The number of furan rings is 1. The van der Waals surface area contributed by atoms with Crippen LogP contribution in [0.1, 0.15) is 11.6 Å². The van der Waals surface area contributed by atoms with Crippen LogP contribution in [0.2, 0.25) is 0 Å². The predicted octanol–water partition coefficient (Wildman–Crippen LogP) is 2.40. The lowest BCUT2D eigenvalue weighted by molar-refractivity contribution is 0.390. The zero-order valence-corrected chi connectivity index (χ0v) is 15.7. The van der Waals surface area contributed by atoms with Crippen molar-refractivity contribution in [2.75, 3.05) is 20.5 Å². The Hall–Kier alpha value is -2.81. The minimum Gasteiger partial charge on any atom is -0.494 e. The largest absolute Gasteiger partial charge is 0.494 e. The molecule has 0 unspecified atom stereocenters. The molecule has 1 aromatic carbocycles. The second kappa shape index (κ2) is 6.83. The summed E-state index contributed by atoms with van der Waals surface area (Å²) >= 11 is 0. The molecule has 138 valence electrons. The molecule has 0 atom stereocenters. The Kier molecular flexibility index (Phi) is 4.73. The van der Waals surface area contributed by atoms with Crippen molar-refractivity contribution < 1.29 is 22.3 Å². The minimum atomic E-state index is -3.35. The third kappa shape index (κ3) is 3.43. The lowest BCUT2D eigenvalue weighted by atomic mass is 10.2. The molecule has 3 rings (SSSR count). The molecule has 26 heavy (non-hydrogen) atoms. The van der Waals surface area contributed by atoms with Gasteiger partial charge in [-0.3, -0.25) is 4.57 Å². The maximum atomic E-state index is 11.9. The van der Waals surface area contributed by atoms with Crippen molar-refractivity contribution in [3.8, 4) is 28.8 Å². The van der Waals surface area contributed by atoms with Crippen LogP contribution in [-0.4, -0.2) is 43.7 Å². The van der Waals surface area contributed by atoms with Gasteiger partial charge in [0.05, 0.1) is 14.2 Å². The Balaban J connectivity index is 2.33. The fourth-order valence-electron chi connectivity index (χ4n) is 2.65. The van der Waals surface area contributed by atoms with Crippen molar-refractivity contribution >= 4 is 9.84 Å². The fourth-order valence-corrected chi connectivity index (χ4v) is 3.30. The van der Waals surface area contributed by atoms with Gasteiger partial charge in [0, 0.05) is 6.26 Å². The van der Waals surface area contributed by atoms with Gasteiger partial charge in [-0.25, -0.2) is 8.42 Å². The van der Waals surface area contributed by atoms with Crippen LogP contribution in [0.5, 0.6) is 11.5 Å². The number of methoxy groups -OCH3 is 2. The van der Waals surface area contributed by atoms with Gasteiger partial charge in [-0.05, 0) is 31.2 Å². The number of sulfone groups is 1. The molecular formula is C17H19N3O5S. The maximum Gasteiger partial charge on any atom is 0.204 e. The summed E-state index contributed by atoms with van der Waals surface area (Å²) in [6.07, 6.45) is 1.14. The highest BCUT2D eigenvalue weighted by atomic mass is 32.2. The van der Waals surface area contributed by atoms with Crippen molar-refractivity contribution in [1.82, 2.24) is 14.8 Å². The van der Waals surface area contributed by atoms with E-state index in [9.17, 15) is 8.42 Å². The molecule has 0 bridgehead atoms. The first kappa shape index (κ1) is 18.0.